The molecule has 0 aliphatic heterocycles. The number of phenolic OH excluding ortho intramolecular Hbond substituents is 1. The molecule has 2 aromatic heterocycles. The number of phenols is 1. The van der Waals surface area contributed by atoms with Crippen molar-refractivity contribution in [2.24, 2.45) is 0 Å². The van der Waals surface area contributed by atoms with Gasteiger partial charge in [0, 0.05) is 39.3 Å². The summed E-state index contributed by atoms with van der Waals surface area (Å²) in [7, 11) is 0. The standard InChI is InChI=1S/C65H59N3O/c1-41-33-43(3)62(69)57(34-41)63-67-61-54(50-36-49(44-17-12-10-13-18-44)37-51(38-50)58-39-48(31-32-66-58)45-23-27-52(28-24-45)64(4,5)6)21-16-22-59(61)68(63)60-40-55(46-19-14-11-15-20-46)42(2)35-56(60)47-25-29-53(30-26-47)65(7,8)9/h10-40,69H,1-9H3/i2D3,4D3,5D3,6D3. The Kier molecular flexibility index (Phi) is 8.41. The number of aromatic hydroxyl groups is 1. The lowest BCUT2D eigenvalue weighted by molar-refractivity contribution is 0.472. The van der Waals surface area contributed by atoms with Crippen molar-refractivity contribution in [3.8, 4) is 89.7 Å². The fourth-order valence-electron chi connectivity index (χ4n) is 9.31. The Morgan fingerprint density at radius 3 is 1.78 bits per heavy atom. The van der Waals surface area contributed by atoms with E-state index in [9.17, 15) is 5.11 Å². The van der Waals surface area contributed by atoms with Crippen LogP contribution in [0.15, 0.2) is 188 Å². The molecule has 0 aliphatic carbocycles. The quantitative estimate of drug-likeness (QED) is 0.165. The molecule has 0 radical (unpaired) electrons. The second kappa shape index (κ2) is 17.7. The lowest BCUT2D eigenvalue weighted by Gasteiger charge is -2.21. The van der Waals surface area contributed by atoms with E-state index in [4.69, 9.17) is 26.4 Å². The molecule has 2 heterocycles. The number of aromatic nitrogens is 3. The van der Waals surface area contributed by atoms with Crippen molar-refractivity contribution in [2.75, 3.05) is 0 Å². The molecule has 0 unspecified atom stereocenters. The van der Waals surface area contributed by atoms with Crippen molar-refractivity contribution in [1.82, 2.24) is 14.5 Å². The van der Waals surface area contributed by atoms with Crippen molar-refractivity contribution in [1.29, 1.82) is 0 Å². The molecular formula is C65H59N3O. The maximum atomic E-state index is 12.1. The Labute approximate surface area is 424 Å². The molecule has 10 aromatic rings. The summed E-state index contributed by atoms with van der Waals surface area (Å²) in [6, 6.07) is 56.5. The highest BCUT2D eigenvalue weighted by molar-refractivity contribution is 5.99. The first-order valence-corrected chi connectivity index (χ1v) is 23.0. The number of hydrogen-bond acceptors (Lipinski definition) is 3. The van der Waals surface area contributed by atoms with E-state index in [1.54, 1.807) is 18.3 Å². The number of para-hydroxylation sites is 1. The molecule has 0 spiro atoms. The van der Waals surface area contributed by atoms with E-state index < -0.39 is 32.8 Å². The van der Waals surface area contributed by atoms with Crippen LogP contribution in [0.2, 0.25) is 0 Å². The van der Waals surface area contributed by atoms with Gasteiger partial charge in [-0.1, -0.05) is 169 Å². The van der Waals surface area contributed by atoms with Crippen LogP contribution in [0, 0.1) is 20.7 Å². The van der Waals surface area contributed by atoms with Crippen molar-refractivity contribution < 1.29 is 21.6 Å². The van der Waals surface area contributed by atoms with Crippen LogP contribution in [0.25, 0.3) is 95.0 Å². The van der Waals surface area contributed by atoms with E-state index in [0.29, 0.717) is 61.6 Å². The topological polar surface area (TPSA) is 50.9 Å². The summed E-state index contributed by atoms with van der Waals surface area (Å²) in [4.78, 5) is 10.4. The molecule has 340 valence electrons. The fourth-order valence-corrected chi connectivity index (χ4v) is 9.31. The van der Waals surface area contributed by atoms with Gasteiger partial charge in [0.1, 0.15) is 11.6 Å². The molecule has 69 heavy (non-hydrogen) atoms. The van der Waals surface area contributed by atoms with Crippen LogP contribution >= 0.6 is 0 Å². The van der Waals surface area contributed by atoms with Crippen LogP contribution in [0.4, 0.5) is 0 Å². The lowest BCUT2D eigenvalue weighted by Crippen LogP contribution is -2.10. The molecule has 0 atom stereocenters. The molecule has 1 N–H and O–H groups in total. The number of pyridine rings is 1. The Morgan fingerprint density at radius 1 is 0.478 bits per heavy atom. The first-order valence-electron chi connectivity index (χ1n) is 29.0. The summed E-state index contributed by atoms with van der Waals surface area (Å²) >= 11 is 0. The molecule has 0 aliphatic rings. The van der Waals surface area contributed by atoms with Crippen molar-refractivity contribution in [3.05, 3.63) is 216 Å². The monoisotopic (exact) mass is 910 g/mol. The fraction of sp³-hybridized carbons (Fsp3) is 0.169. The maximum absolute atomic E-state index is 12.1. The molecule has 0 amide bonds. The SMILES string of the molecule is [2H]C([2H])([2H])c1cc(-c2ccc(C(C)(C)C)cc2)c(-n2c(-c3cc(C)cc(C)c3O)nc3c(-c4cc(-c5ccccc5)cc(-c5cc(-c6ccc(C(C([2H])([2H])[2H])(C([2H])([2H])[2H])C([2H])([2H])[2H])cc6)ccn5)c4)cccc32)cc1-c1ccccc1. The zero-order valence-electron chi connectivity index (χ0n) is 51.2. The molecule has 0 saturated carbocycles. The van der Waals surface area contributed by atoms with Gasteiger partial charge >= 0.3 is 0 Å². The average molecular weight is 910 g/mol. The first-order chi connectivity index (χ1) is 38.1. The number of rotatable bonds is 8. The van der Waals surface area contributed by atoms with Gasteiger partial charge in [0.05, 0.1) is 28.0 Å². The van der Waals surface area contributed by atoms with Crippen LogP contribution in [0.3, 0.4) is 0 Å². The number of fused-ring (bicyclic) bond motifs is 1. The smallest absolute Gasteiger partial charge is 0.149 e. The Balaban J connectivity index is 1.22. The van der Waals surface area contributed by atoms with E-state index in [1.165, 1.54) is 24.3 Å². The molecule has 8 aromatic carbocycles. The second-order valence-corrected chi connectivity index (χ2v) is 19.0. The Bertz CT molecular complexity index is 3950. The zero-order valence-corrected chi connectivity index (χ0v) is 39.2. The van der Waals surface area contributed by atoms with Crippen molar-refractivity contribution >= 4 is 11.0 Å². The zero-order chi connectivity index (χ0) is 58.2. The van der Waals surface area contributed by atoms with Gasteiger partial charge in [-0.15, -0.1) is 0 Å². The molecule has 0 saturated heterocycles. The van der Waals surface area contributed by atoms with Gasteiger partial charge in [-0.3, -0.25) is 9.55 Å². The normalized spacial score (nSPS) is 15.2. The minimum absolute atomic E-state index is 0.0530. The van der Waals surface area contributed by atoms with Crippen LogP contribution in [-0.4, -0.2) is 19.6 Å². The highest BCUT2D eigenvalue weighted by Gasteiger charge is 2.25. The van der Waals surface area contributed by atoms with Crippen LogP contribution < -0.4 is 0 Å². The van der Waals surface area contributed by atoms with Gasteiger partial charge in [0.2, 0.25) is 0 Å². The van der Waals surface area contributed by atoms with Crippen LogP contribution in [-0.2, 0) is 10.8 Å². The van der Waals surface area contributed by atoms with Crippen LogP contribution in [0.1, 0.15) is 85.6 Å². The van der Waals surface area contributed by atoms with Crippen molar-refractivity contribution in [2.45, 2.75) is 72.9 Å². The van der Waals surface area contributed by atoms with E-state index >= 15 is 0 Å². The van der Waals surface area contributed by atoms with Crippen molar-refractivity contribution in [3.63, 3.8) is 0 Å². The molecule has 4 nitrogen and oxygen atoms in total. The minimum atomic E-state index is -3.40. The summed E-state index contributed by atoms with van der Waals surface area (Å²) in [5.74, 6) is 0.487. The van der Waals surface area contributed by atoms with E-state index in [1.807, 2.05) is 146 Å². The maximum Gasteiger partial charge on any atom is 0.149 e. The highest BCUT2D eigenvalue weighted by Crippen LogP contribution is 2.44. The summed E-state index contributed by atoms with van der Waals surface area (Å²) in [6.45, 7) is -2.44. The van der Waals surface area contributed by atoms with Crippen LogP contribution in [0.5, 0.6) is 5.75 Å². The van der Waals surface area contributed by atoms with E-state index in [2.05, 4.69) is 39.0 Å². The summed E-state index contributed by atoms with van der Waals surface area (Å²) in [5.41, 5.74) is 10.2. The van der Waals surface area contributed by atoms with Gasteiger partial charge in [0.15, 0.2) is 0 Å². The third kappa shape index (κ3) is 8.80. The number of imidazole rings is 1. The first kappa shape index (κ1) is 32.8. The highest BCUT2D eigenvalue weighted by atomic mass is 16.3. The summed E-state index contributed by atoms with van der Waals surface area (Å²) in [6.07, 6.45) is 1.64. The third-order valence-corrected chi connectivity index (χ3v) is 13.0. The number of benzene rings is 8. The largest absolute Gasteiger partial charge is 0.507 e. The summed E-state index contributed by atoms with van der Waals surface area (Å²) in [5, 5.41) is 12.1. The summed E-state index contributed by atoms with van der Waals surface area (Å²) < 4.78 is 103. The predicted octanol–water partition coefficient (Wildman–Crippen LogP) is 17.3. The molecule has 10 rings (SSSR count). The van der Waals surface area contributed by atoms with Gasteiger partial charge in [-0.05, 0) is 158 Å². The second-order valence-electron chi connectivity index (χ2n) is 19.0. The third-order valence-electron chi connectivity index (χ3n) is 13.0. The van der Waals surface area contributed by atoms with Gasteiger partial charge in [-0.2, -0.15) is 0 Å². The molecule has 0 bridgehead atoms. The number of nitrogens with zero attached hydrogens (tertiary/aromatic N) is 3. The van der Waals surface area contributed by atoms with E-state index in [-0.39, 0.29) is 22.3 Å². The molecule has 4 heteroatoms. The lowest BCUT2D eigenvalue weighted by atomic mass is 9.85. The van der Waals surface area contributed by atoms with E-state index in [0.717, 1.165) is 50.1 Å². The van der Waals surface area contributed by atoms with Gasteiger partial charge < -0.3 is 5.11 Å². The predicted molar refractivity (Wildman–Crippen MR) is 290 cm³/mol. The van der Waals surface area contributed by atoms with Gasteiger partial charge in [-0.25, -0.2) is 4.98 Å². The molecular weight excluding hydrogens is 839 g/mol. The number of hydrogen-bond donors (Lipinski definition) is 1. The van der Waals surface area contributed by atoms with Gasteiger partial charge in [0.25, 0.3) is 0 Å². The Morgan fingerprint density at radius 2 is 1.10 bits per heavy atom. The Hall–Kier alpha value is -7.82. The number of aryl methyl sites for hydroxylation is 3. The molecule has 0 fully saturated rings. The minimum Gasteiger partial charge on any atom is -0.507 e. The average Bonchev–Trinajstić information content (AvgIpc) is 2.52.